The van der Waals surface area contributed by atoms with Crippen molar-refractivity contribution in [2.45, 2.75) is 46.0 Å². The molecule has 0 fully saturated rings. The zero-order valence-electron chi connectivity index (χ0n) is 17.7. The first-order chi connectivity index (χ1) is 14.3. The summed E-state index contributed by atoms with van der Waals surface area (Å²) in [7, 11) is 0. The fourth-order valence-corrected chi connectivity index (χ4v) is 2.87. The molecule has 3 rings (SSSR count). The summed E-state index contributed by atoms with van der Waals surface area (Å²) in [5.74, 6) is 0.383. The van der Waals surface area contributed by atoms with E-state index in [0.717, 1.165) is 17.7 Å². The summed E-state index contributed by atoms with van der Waals surface area (Å²) in [5.41, 5.74) is 2.49. The van der Waals surface area contributed by atoms with Gasteiger partial charge in [0.15, 0.2) is 5.78 Å². The van der Waals surface area contributed by atoms with Crippen LogP contribution in [0, 0.1) is 0 Å². The highest BCUT2D eigenvalue weighted by Gasteiger charge is 2.11. The Morgan fingerprint density at radius 3 is 2.30 bits per heavy atom. The number of nitrogens with zero attached hydrogens (tertiary/aromatic N) is 1. The van der Waals surface area contributed by atoms with Crippen molar-refractivity contribution in [2.75, 3.05) is 0 Å². The van der Waals surface area contributed by atoms with E-state index in [0.29, 0.717) is 17.9 Å². The van der Waals surface area contributed by atoms with Gasteiger partial charge in [-0.15, -0.1) is 0 Å². The van der Waals surface area contributed by atoms with Gasteiger partial charge in [-0.2, -0.15) is 0 Å². The molecule has 1 N–H and O–H groups in total. The maximum Gasteiger partial charge on any atom is 0.254 e. The van der Waals surface area contributed by atoms with E-state index in [4.69, 9.17) is 4.74 Å². The second-order valence-corrected chi connectivity index (χ2v) is 8.33. The largest absolute Gasteiger partial charge is 0.489 e. The van der Waals surface area contributed by atoms with Crippen molar-refractivity contribution >= 4 is 5.78 Å². The normalized spacial score (nSPS) is 11.3. The Bertz CT molecular complexity index is 1030. The predicted octanol–water partition coefficient (Wildman–Crippen LogP) is 4.20. The van der Waals surface area contributed by atoms with Crippen LogP contribution in [0.25, 0.3) is 0 Å². The summed E-state index contributed by atoms with van der Waals surface area (Å²) in [6, 6.07) is 20.4. The molecule has 2 aromatic carbocycles. The van der Waals surface area contributed by atoms with E-state index < -0.39 is 0 Å². The van der Waals surface area contributed by atoms with Crippen LogP contribution in [-0.4, -0.2) is 15.9 Å². The van der Waals surface area contributed by atoms with E-state index in [-0.39, 0.29) is 23.4 Å². The second-order valence-electron chi connectivity index (χ2n) is 8.33. The molecule has 0 bridgehead atoms. The third-order valence-electron chi connectivity index (χ3n) is 4.63. The molecule has 0 aliphatic heterocycles. The van der Waals surface area contributed by atoms with Gasteiger partial charge in [-0.25, -0.2) is 0 Å². The van der Waals surface area contributed by atoms with Crippen molar-refractivity contribution in [3.05, 3.63) is 100.0 Å². The van der Waals surface area contributed by atoms with Gasteiger partial charge in [0.1, 0.15) is 12.4 Å². The molecule has 0 unspecified atom stereocenters. The third kappa shape index (κ3) is 6.42. The quantitative estimate of drug-likeness (QED) is 0.572. The van der Waals surface area contributed by atoms with Gasteiger partial charge in [-0.05, 0) is 38.0 Å². The molecule has 1 aromatic heterocycles. The second kappa shape index (κ2) is 9.55. The van der Waals surface area contributed by atoms with E-state index in [2.05, 4.69) is 26.1 Å². The van der Waals surface area contributed by atoms with Crippen LogP contribution < -0.4 is 15.6 Å². The number of pyridine rings is 1. The van der Waals surface area contributed by atoms with Gasteiger partial charge < -0.3 is 14.6 Å². The van der Waals surface area contributed by atoms with Crippen molar-refractivity contribution in [3.63, 3.8) is 0 Å². The Morgan fingerprint density at radius 1 is 0.967 bits per heavy atom. The molecular weight excluding hydrogens is 376 g/mol. The SMILES string of the molecule is CC(C)(C)NCc1ccc(C(=O)Cn2ccc(OCc3ccccc3)cc2=O)cc1. The lowest BCUT2D eigenvalue weighted by atomic mass is 10.1. The van der Waals surface area contributed by atoms with E-state index in [1.165, 1.54) is 10.6 Å². The van der Waals surface area contributed by atoms with Crippen LogP contribution in [0.3, 0.4) is 0 Å². The molecule has 0 radical (unpaired) electrons. The van der Waals surface area contributed by atoms with Crippen molar-refractivity contribution in [2.24, 2.45) is 0 Å². The summed E-state index contributed by atoms with van der Waals surface area (Å²) in [4.78, 5) is 25.0. The number of nitrogens with one attached hydrogen (secondary N) is 1. The molecule has 0 amide bonds. The smallest absolute Gasteiger partial charge is 0.254 e. The molecule has 156 valence electrons. The molecule has 0 saturated heterocycles. The number of hydrogen-bond donors (Lipinski definition) is 1. The average molecular weight is 405 g/mol. The molecular formula is C25H28N2O3. The lowest BCUT2D eigenvalue weighted by Crippen LogP contribution is -2.35. The number of aromatic nitrogens is 1. The van der Waals surface area contributed by atoms with Gasteiger partial charge in [0.05, 0.1) is 6.54 Å². The van der Waals surface area contributed by atoms with E-state index in [1.807, 2.05) is 54.6 Å². The fourth-order valence-electron chi connectivity index (χ4n) is 2.87. The Balaban J connectivity index is 1.59. The van der Waals surface area contributed by atoms with E-state index >= 15 is 0 Å². The number of rotatable bonds is 8. The Hall–Kier alpha value is -3.18. The number of carbonyl (C=O) groups is 1. The fraction of sp³-hybridized carbons (Fsp3) is 0.280. The zero-order chi connectivity index (χ0) is 21.6. The van der Waals surface area contributed by atoms with E-state index in [9.17, 15) is 9.59 Å². The maximum absolute atomic E-state index is 12.6. The summed E-state index contributed by atoms with van der Waals surface area (Å²) >= 11 is 0. The van der Waals surface area contributed by atoms with Crippen LogP contribution in [0.4, 0.5) is 0 Å². The first-order valence-corrected chi connectivity index (χ1v) is 10.0. The van der Waals surface area contributed by atoms with Crippen LogP contribution in [-0.2, 0) is 19.7 Å². The third-order valence-corrected chi connectivity index (χ3v) is 4.63. The van der Waals surface area contributed by atoms with Crippen LogP contribution >= 0.6 is 0 Å². The number of benzene rings is 2. The zero-order valence-corrected chi connectivity index (χ0v) is 17.7. The monoisotopic (exact) mass is 404 g/mol. The molecule has 0 aliphatic rings. The number of carbonyl (C=O) groups excluding carboxylic acids is 1. The van der Waals surface area contributed by atoms with Gasteiger partial charge in [-0.1, -0.05) is 54.6 Å². The Morgan fingerprint density at radius 2 is 1.67 bits per heavy atom. The minimum atomic E-state index is -0.264. The number of hydrogen-bond acceptors (Lipinski definition) is 4. The molecule has 0 atom stereocenters. The molecule has 0 spiro atoms. The van der Waals surface area contributed by atoms with Gasteiger partial charge in [0, 0.05) is 29.9 Å². The summed E-state index contributed by atoms with van der Waals surface area (Å²) in [6.45, 7) is 7.46. The van der Waals surface area contributed by atoms with Gasteiger partial charge >= 0.3 is 0 Å². The Labute approximate surface area is 177 Å². The molecule has 5 nitrogen and oxygen atoms in total. The van der Waals surface area contributed by atoms with Crippen molar-refractivity contribution in [3.8, 4) is 5.75 Å². The standard InChI is InChI=1S/C25H28N2O3/c1-25(2,3)26-16-19-9-11-21(12-10-19)23(28)17-27-14-13-22(15-24(27)29)30-18-20-7-5-4-6-8-20/h4-15,26H,16-18H2,1-3H3. The van der Waals surface area contributed by atoms with Gasteiger partial charge in [0.25, 0.3) is 5.56 Å². The number of ether oxygens (including phenoxy) is 1. The van der Waals surface area contributed by atoms with Gasteiger partial charge in [-0.3, -0.25) is 9.59 Å². The highest BCUT2D eigenvalue weighted by molar-refractivity contribution is 5.95. The average Bonchev–Trinajstić information content (AvgIpc) is 2.73. The molecule has 5 heteroatoms. The number of Topliss-reactive ketones (excluding diaryl/α,β-unsaturated/α-hetero) is 1. The minimum absolute atomic E-state index is 0.00259. The maximum atomic E-state index is 12.6. The first-order valence-electron chi connectivity index (χ1n) is 10.0. The molecule has 30 heavy (non-hydrogen) atoms. The van der Waals surface area contributed by atoms with Crippen LogP contribution in [0.15, 0.2) is 77.7 Å². The minimum Gasteiger partial charge on any atom is -0.489 e. The molecule has 3 aromatic rings. The first kappa shape index (κ1) is 21.5. The van der Waals surface area contributed by atoms with Gasteiger partial charge in [0.2, 0.25) is 0 Å². The van der Waals surface area contributed by atoms with Crippen LogP contribution in [0.1, 0.15) is 42.3 Å². The summed E-state index contributed by atoms with van der Waals surface area (Å²) < 4.78 is 7.07. The predicted molar refractivity (Wildman–Crippen MR) is 119 cm³/mol. The Kier molecular flexibility index (Phi) is 6.85. The van der Waals surface area contributed by atoms with Crippen molar-refractivity contribution in [1.82, 2.24) is 9.88 Å². The van der Waals surface area contributed by atoms with E-state index in [1.54, 1.807) is 12.3 Å². The van der Waals surface area contributed by atoms with Crippen LogP contribution in [0.5, 0.6) is 5.75 Å². The molecule has 0 aliphatic carbocycles. The lowest BCUT2D eigenvalue weighted by molar-refractivity contribution is 0.0970. The van der Waals surface area contributed by atoms with Crippen LogP contribution in [0.2, 0.25) is 0 Å². The van der Waals surface area contributed by atoms with Crippen molar-refractivity contribution < 1.29 is 9.53 Å². The lowest BCUT2D eigenvalue weighted by Gasteiger charge is -2.20. The molecule has 0 saturated carbocycles. The highest BCUT2D eigenvalue weighted by atomic mass is 16.5. The topological polar surface area (TPSA) is 60.3 Å². The number of ketones is 1. The molecule has 1 heterocycles. The van der Waals surface area contributed by atoms with Crippen molar-refractivity contribution in [1.29, 1.82) is 0 Å². The summed E-state index contributed by atoms with van der Waals surface area (Å²) in [6.07, 6.45) is 1.60. The highest BCUT2D eigenvalue weighted by Crippen LogP contribution is 2.11. The summed E-state index contributed by atoms with van der Waals surface area (Å²) in [5, 5.41) is 3.42.